The number of likely N-dealkylation sites (N-methyl/N-ethyl adjacent to an activating group) is 1. The van der Waals surface area contributed by atoms with Gasteiger partial charge < -0.3 is 19.3 Å². The van der Waals surface area contributed by atoms with E-state index in [9.17, 15) is 4.79 Å². The molecule has 2 heterocycles. The van der Waals surface area contributed by atoms with E-state index >= 15 is 0 Å². The first-order valence-electron chi connectivity index (χ1n) is 13.4. The van der Waals surface area contributed by atoms with Crippen molar-refractivity contribution in [1.29, 1.82) is 0 Å². The van der Waals surface area contributed by atoms with Crippen molar-refractivity contribution < 1.29 is 14.3 Å². The van der Waals surface area contributed by atoms with Crippen LogP contribution in [0, 0.1) is 0 Å². The van der Waals surface area contributed by atoms with E-state index in [1.54, 1.807) is 0 Å². The zero-order valence-corrected chi connectivity index (χ0v) is 22.9. The van der Waals surface area contributed by atoms with E-state index in [0.29, 0.717) is 24.7 Å². The zero-order valence-electron chi connectivity index (χ0n) is 22.9. The molecule has 36 heavy (non-hydrogen) atoms. The minimum Gasteiger partial charge on any atom is -0.490 e. The molecule has 0 radical (unpaired) electrons. The van der Waals surface area contributed by atoms with Gasteiger partial charge in [0.2, 0.25) is 0 Å². The summed E-state index contributed by atoms with van der Waals surface area (Å²) < 4.78 is 12.0. The number of ether oxygens (including phenoxy) is 2. The molecule has 1 saturated heterocycles. The highest BCUT2D eigenvalue weighted by molar-refractivity contribution is 6.15. The molecule has 0 N–H and O–H groups in total. The summed E-state index contributed by atoms with van der Waals surface area (Å²) in [6, 6.07) is 12.8. The van der Waals surface area contributed by atoms with Crippen LogP contribution >= 0.6 is 0 Å². The largest absolute Gasteiger partial charge is 0.490 e. The van der Waals surface area contributed by atoms with Gasteiger partial charge in [-0.05, 0) is 91.4 Å². The summed E-state index contributed by atoms with van der Waals surface area (Å²) in [6.07, 6.45) is 1.02. The molecule has 1 fully saturated rings. The average Bonchev–Trinajstić information content (AvgIpc) is 2.84. The van der Waals surface area contributed by atoms with Crippen LogP contribution in [0.25, 0.3) is 0 Å². The predicted octanol–water partition coefficient (Wildman–Crippen LogP) is 5.38. The van der Waals surface area contributed by atoms with Crippen LogP contribution in [0.3, 0.4) is 0 Å². The lowest BCUT2D eigenvalue weighted by atomic mass is 9.79. The normalized spacial score (nSPS) is 19.5. The Hall–Kier alpha value is -2.86. The molecular weight excluding hydrogens is 450 g/mol. The molecule has 0 aliphatic carbocycles. The van der Waals surface area contributed by atoms with Gasteiger partial charge in [-0.2, -0.15) is 0 Å². The summed E-state index contributed by atoms with van der Waals surface area (Å²) in [6.45, 7) is 15.4. The average molecular weight is 492 g/mol. The molecule has 0 spiro atoms. The van der Waals surface area contributed by atoms with Gasteiger partial charge in [0.05, 0.1) is 25.0 Å². The molecule has 2 aromatic carbocycles. The van der Waals surface area contributed by atoms with Crippen molar-refractivity contribution >= 4 is 11.6 Å². The molecule has 2 atom stereocenters. The summed E-state index contributed by atoms with van der Waals surface area (Å²) in [5, 5.41) is 0. The number of benzene rings is 2. The highest BCUT2D eigenvalue weighted by Crippen LogP contribution is 2.42. The van der Waals surface area contributed by atoms with Crippen LogP contribution in [0.4, 0.5) is 0 Å². The Morgan fingerprint density at radius 2 is 1.64 bits per heavy atom. The molecule has 1 amide bonds. The van der Waals surface area contributed by atoms with Gasteiger partial charge in [0, 0.05) is 41.2 Å². The Balaban J connectivity index is 1.76. The second-order valence-corrected chi connectivity index (χ2v) is 10.4. The van der Waals surface area contributed by atoms with Crippen molar-refractivity contribution in [2.75, 3.05) is 33.4 Å². The van der Waals surface area contributed by atoms with Crippen molar-refractivity contribution in [1.82, 2.24) is 9.80 Å². The van der Waals surface area contributed by atoms with E-state index in [0.717, 1.165) is 47.8 Å². The first-order valence-corrected chi connectivity index (χ1v) is 13.4. The highest BCUT2D eigenvalue weighted by Gasteiger charge is 2.36. The Labute approximate surface area is 216 Å². The number of carbonyl (C=O) groups is 1. The van der Waals surface area contributed by atoms with Gasteiger partial charge in [-0.3, -0.25) is 9.79 Å². The standard InChI is InChI=1S/C30H41N3O3/c1-8-35-27-16-23-24(17-28(27)36-9-2)29(31-26-14-15-32(7)18-25(23)26)21-10-12-22(13-11-21)30(34)33(19(3)4)20(5)6/h10-13,16-17,19-20,25-26H,8-9,14-15,18H2,1-7H3/t25-,26-/m1/s1. The molecule has 2 aliphatic rings. The smallest absolute Gasteiger partial charge is 0.254 e. The minimum absolute atomic E-state index is 0.0629. The molecule has 0 saturated carbocycles. The monoisotopic (exact) mass is 491 g/mol. The first kappa shape index (κ1) is 26.2. The lowest BCUT2D eigenvalue weighted by Crippen LogP contribution is -2.42. The van der Waals surface area contributed by atoms with Crippen LogP contribution in [0.15, 0.2) is 41.4 Å². The highest BCUT2D eigenvalue weighted by atomic mass is 16.5. The van der Waals surface area contributed by atoms with E-state index in [1.165, 1.54) is 5.56 Å². The third-order valence-electron chi connectivity index (χ3n) is 7.20. The lowest BCUT2D eigenvalue weighted by molar-refractivity contribution is 0.0643. The summed E-state index contributed by atoms with van der Waals surface area (Å²) >= 11 is 0. The molecule has 0 aromatic heterocycles. The number of hydrogen-bond donors (Lipinski definition) is 0. The van der Waals surface area contributed by atoms with Crippen LogP contribution in [0.1, 0.15) is 80.9 Å². The van der Waals surface area contributed by atoms with Gasteiger partial charge in [0.15, 0.2) is 11.5 Å². The van der Waals surface area contributed by atoms with Gasteiger partial charge in [-0.1, -0.05) is 12.1 Å². The van der Waals surface area contributed by atoms with Crippen molar-refractivity contribution in [3.63, 3.8) is 0 Å². The third kappa shape index (κ3) is 5.15. The third-order valence-corrected chi connectivity index (χ3v) is 7.20. The molecule has 194 valence electrons. The van der Waals surface area contributed by atoms with E-state index in [-0.39, 0.29) is 24.0 Å². The van der Waals surface area contributed by atoms with Crippen LogP contribution in [-0.2, 0) is 0 Å². The quantitative estimate of drug-likeness (QED) is 0.497. The number of piperidine rings is 1. The summed E-state index contributed by atoms with van der Waals surface area (Å²) in [5.41, 5.74) is 5.08. The fourth-order valence-electron chi connectivity index (χ4n) is 5.64. The second kappa shape index (κ2) is 11.0. The Kier molecular flexibility index (Phi) is 8.04. The van der Waals surface area contributed by atoms with Crippen molar-refractivity contribution in [2.24, 2.45) is 4.99 Å². The lowest BCUT2D eigenvalue weighted by Gasteiger charge is -2.39. The van der Waals surface area contributed by atoms with E-state index in [1.807, 2.05) is 43.0 Å². The first-order chi connectivity index (χ1) is 17.2. The van der Waals surface area contributed by atoms with Gasteiger partial charge in [0.25, 0.3) is 5.91 Å². The number of hydrogen-bond acceptors (Lipinski definition) is 5. The Bertz CT molecular complexity index is 1100. The summed E-state index contributed by atoms with van der Waals surface area (Å²) in [7, 11) is 2.18. The fourth-order valence-corrected chi connectivity index (χ4v) is 5.64. The van der Waals surface area contributed by atoms with Crippen LogP contribution in [0.2, 0.25) is 0 Å². The van der Waals surface area contributed by atoms with E-state index < -0.39 is 0 Å². The Morgan fingerprint density at radius 1 is 1.03 bits per heavy atom. The Morgan fingerprint density at radius 3 is 2.22 bits per heavy atom. The van der Waals surface area contributed by atoms with Crippen LogP contribution < -0.4 is 9.47 Å². The number of nitrogens with zero attached hydrogens (tertiary/aromatic N) is 3. The maximum Gasteiger partial charge on any atom is 0.254 e. The predicted molar refractivity (Wildman–Crippen MR) is 146 cm³/mol. The fraction of sp³-hybridized carbons (Fsp3) is 0.533. The van der Waals surface area contributed by atoms with Crippen LogP contribution in [-0.4, -0.2) is 72.9 Å². The van der Waals surface area contributed by atoms with Gasteiger partial charge in [-0.25, -0.2) is 0 Å². The molecule has 2 aromatic rings. The number of carbonyl (C=O) groups excluding carboxylic acids is 1. The molecule has 6 heteroatoms. The van der Waals surface area contributed by atoms with Gasteiger partial charge in [0.1, 0.15) is 0 Å². The number of amides is 1. The van der Waals surface area contributed by atoms with Crippen molar-refractivity contribution in [2.45, 2.75) is 72.0 Å². The van der Waals surface area contributed by atoms with Crippen LogP contribution in [0.5, 0.6) is 11.5 Å². The topological polar surface area (TPSA) is 54.4 Å². The number of aliphatic imine (C=N–C) groups is 1. The number of fused-ring (bicyclic) bond motifs is 3. The summed E-state index contributed by atoms with van der Waals surface area (Å²) in [5.74, 6) is 1.94. The van der Waals surface area contributed by atoms with E-state index in [4.69, 9.17) is 14.5 Å². The SMILES string of the molecule is CCOc1cc2c(cc1OCC)[C@H]1CN(C)CC[C@H]1N=C2c1ccc(C(=O)N(C(C)C)C(C)C)cc1. The molecule has 6 nitrogen and oxygen atoms in total. The second-order valence-electron chi connectivity index (χ2n) is 10.4. The molecule has 0 unspecified atom stereocenters. The zero-order chi connectivity index (χ0) is 26.0. The molecule has 2 aliphatic heterocycles. The van der Waals surface area contributed by atoms with Gasteiger partial charge >= 0.3 is 0 Å². The molecule has 4 rings (SSSR count). The van der Waals surface area contributed by atoms with Gasteiger partial charge in [-0.15, -0.1) is 0 Å². The maximum absolute atomic E-state index is 13.2. The number of rotatable bonds is 8. The van der Waals surface area contributed by atoms with Crippen molar-refractivity contribution in [3.8, 4) is 11.5 Å². The van der Waals surface area contributed by atoms with Crippen molar-refractivity contribution in [3.05, 3.63) is 58.7 Å². The number of likely N-dealkylation sites (tertiary alicyclic amines) is 1. The summed E-state index contributed by atoms with van der Waals surface area (Å²) in [4.78, 5) is 22.8. The van der Waals surface area contributed by atoms with E-state index in [2.05, 4.69) is 51.8 Å². The molecule has 0 bridgehead atoms. The minimum atomic E-state index is 0.0629. The molecular formula is C30H41N3O3. The maximum atomic E-state index is 13.2.